The van der Waals surface area contributed by atoms with E-state index >= 15 is 0 Å². The maximum Gasteiger partial charge on any atom is 0.306 e. The van der Waals surface area contributed by atoms with Crippen molar-refractivity contribution >= 4 is 11.8 Å². The van der Waals surface area contributed by atoms with Gasteiger partial charge in [-0.2, -0.15) is 0 Å². The minimum atomic E-state index is -0.743. The van der Waals surface area contributed by atoms with Crippen LogP contribution in [0.4, 0.5) is 0 Å². The number of Topliss-reactive ketones (excluding diaryl/α,β-unsaturated/α-hetero) is 1. The number of hydrogen-bond acceptors (Lipinski definition) is 2. The van der Waals surface area contributed by atoms with Gasteiger partial charge in [0.05, 0.1) is 5.92 Å². The Balaban J connectivity index is 2.29. The van der Waals surface area contributed by atoms with E-state index in [2.05, 4.69) is 6.58 Å². The summed E-state index contributed by atoms with van der Waals surface area (Å²) in [4.78, 5) is 23.3. The van der Waals surface area contributed by atoms with E-state index in [0.29, 0.717) is 11.5 Å². The van der Waals surface area contributed by atoms with Crippen molar-refractivity contribution in [1.82, 2.24) is 0 Å². The van der Waals surface area contributed by atoms with Gasteiger partial charge in [-0.3, -0.25) is 9.59 Å². The van der Waals surface area contributed by atoms with Gasteiger partial charge in [0.25, 0.3) is 0 Å². The third kappa shape index (κ3) is 1.41. The predicted molar refractivity (Wildman–Crippen MR) is 59.9 cm³/mol. The molecule has 0 aromatic rings. The lowest BCUT2D eigenvalue weighted by molar-refractivity contribution is -0.147. The normalized spacial score (nSPS) is 41.0. The van der Waals surface area contributed by atoms with Gasteiger partial charge in [-0.1, -0.05) is 13.5 Å². The van der Waals surface area contributed by atoms with Gasteiger partial charge < -0.3 is 5.11 Å². The van der Waals surface area contributed by atoms with E-state index in [1.165, 1.54) is 0 Å². The zero-order chi connectivity index (χ0) is 12.1. The first-order chi connectivity index (χ1) is 7.36. The second-order valence-electron chi connectivity index (χ2n) is 5.62. The van der Waals surface area contributed by atoms with Crippen LogP contribution in [0.15, 0.2) is 12.2 Å². The lowest BCUT2D eigenvalue weighted by Gasteiger charge is -2.36. The quantitative estimate of drug-likeness (QED) is 0.745. The third-order valence-corrected chi connectivity index (χ3v) is 4.41. The summed E-state index contributed by atoms with van der Waals surface area (Å²) in [5.74, 6) is -0.579. The summed E-state index contributed by atoms with van der Waals surface area (Å²) in [5.41, 5.74) is 0.0804. The van der Waals surface area contributed by atoms with Gasteiger partial charge in [0.15, 0.2) is 5.78 Å². The van der Waals surface area contributed by atoms with Crippen LogP contribution in [-0.4, -0.2) is 16.9 Å². The molecule has 2 aliphatic carbocycles. The molecule has 0 radical (unpaired) electrons. The largest absolute Gasteiger partial charge is 0.481 e. The number of hydrogen-bond donors (Lipinski definition) is 1. The van der Waals surface area contributed by atoms with Crippen LogP contribution in [0.2, 0.25) is 0 Å². The molecule has 0 spiro atoms. The number of rotatable bonds is 3. The number of carbonyl (C=O) groups excluding carboxylic acids is 1. The second-order valence-corrected chi connectivity index (χ2v) is 5.62. The van der Waals surface area contributed by atoms with Crippen molar-refractivity contribution in [2.45, 2.75) is 33.1 Å². The molecule has 3 heteroatoms. The van der Waals surface area contributed by atoms with Crippen LogP contribution in [0, 0.1) is 23.2 Å². The zero-order valence-corrected chi connectivity index (χ0v) is 9.82. The number of ketones is 1. The molecule has 0 saturated heterocycles. The molecule has 2 rings (SSSR count). The number of carboxylic acid groups (broad SMARTS) is 1. The second kappa shape index (κ2) is 3.44. The topological polar surface area (TPSA) is 54.4 Å². The molecular formula is C13H18O3. The highest BCUT2D eigenvalue weighted by Gasteiger charge is 2.58. The highest BCUT2D eigenvalue weighted by molar-refractivity contribution is 5.99. The van der Waals surface area contributed by atoms with Crippen molar-refractivity contribution < 1.29 is 14.7 Å². The van der Waals surface area contributed by atoms with E-state index < -0.39 is 11.4 Å². The SMILES string of the molecule is C=C(C)C(=O)C1(C)CC2CC(C(=O)O)C1C2. The highest BCUT2D eigenvalue weighted by atomic mass is 16.4. The Morgan fingerprint density at radius 2 is 2.00 bits per heavy atom. The number of carboxylic acids is 1. The van der Waals surface area contributed by atoms with Crippen LogP contribution < -0.4 is 0 Å². The van der Waals surface area contributed by atoms with E-state index in [1.807, 2.05) is 6.92 Å². The first-order valence-electron chi connectivity index (χ1n) is 5.79. The molecule has 0 heterocycles. The minimum absolute atomic E-state index is 0.0131. The van der Waals surface area contributed by atoms with Crippen LogP contribution in [0.5, 0.6) is 0 Å². The van der Waals surface area contributed by atoms with Crippen LogP contribution in [0.1, 0.15) is 33.1 Å². The molecule has 2 saturated carbocycles. The van der Waals surface area contributed by atoms with E-state index in [0.717, 1.165) is 19.3 Å². The molecule has 2 fully saturated rings. The van der Waals surface area contributed by atoms with E-state index in [4.69, 9.17) is 5.11 Å². The number of fused-ring (bicyclic) bond motifs is 2. The summed E-state index contributed by atoms with van der Waals surface area (Å²) in [6.45, 7) is 7.34. The standard InChI is InChI=1S/C13H18O3/c1-7(2)11(14)13(3)6-8-4-9(12(15)16)10(13)5-8/h8-10H,1,4-6H2,2-3H3,(H,15,16). The molecule has 1 N–H and O–H groups in total. The van der Waals surface area contributed by atoms with Crippen molar-refractivity contribution in [1.29, 1.82) is 0 Å². The van der Waals surface area contributed by atoms with Crippen LogP contribution in [-0.2, 0) is 9.59 Å². The summed E-state index contributed by atoms with van der Waals surface area (Å²) in [7, 11) is 0. The maximum atomic E-state index is 12.1. The number of aliphatic carboxylic acids is 1. The van der Waals surface area contributed by atoms with Crippen molar-refractivity contribution in [3.8, 4) is 0 Å². The Hall–Kier alpha value is -1.12. The summed E-state index contributed by atoms with van der Waals surface area (Å²) in [6, 6.07) is 0. The Morgan fingerprint density at radius 3 is 2.44 bits per heavy atom. The monoisotopic (exact) mass is 222 g/mol. The van der Waals surface area contributed by atoms with Crippen LogP contribution >= 0.6 is 0 Å². The minimum Gasteiger partial charge on any atom is -0.481 e. The van der Waals surface area contributed by atoms with Gasteiger partial charge in [0.2, 0.25) is 0 Å². The lowest BCUT2D eigenvalue weighted by Crippen LogP contribution is -2.40. The van der Waals surface area contributed by atoms with Gasteiger partial charge in [0.1, 0.15) is 0 Å². The molecular weight excluding hydrogens is 204 g/mol. The van der Waals surface area contributed by atoms with Crippen LogP contribution in [0.25, 0.3) is 0 Å². The lowest BCUT2D eigenvalue weighted by atomic mass is 9.66. The molecule has 3 nitrogen and oxygen atoms in total. The van der Waals surface area contributed by atoms with Gasteiger partial charge >= 0.3 is 5.97 Å². The Labute approximate surface area is 95.5 Å². The molecule has 4 unspecified atom stereocenters. The molecule has 0 aromatic carbocycles. The Bertz CT molecular complexity index is 371. The molecule has 4 atom stereocenters. The number of carbonyl (C=O) groups is 2. The van der Waals surface area contributed by atoms with Gasteiger partial charge in [-0.25, -0.2) is 0 Å². The summed E-state index contributed by atoms with van der Waals surface area (Å²) in [5, 5.41) is 9.15. The molecule has 0 aromatic heterocycles. The van der Waals surface area contributed by atoms with Crippen molar-refractivity contribution in [2.24, 2.45) is 23.2 Å². The van der Waals surface area contributed by atoms with Crippen molar-refractivity contribution in [3.05, 3.63) is 12.2 Å². The van der Waals surface area contributed by atoms with E-state index in [1.54, 1.807) is 6.92 Å². The molecule has 0 amide bonds. The Kier molecular flexibility index (Phi) is 2.44. The van der Waals surface area contributed by atoms with Crippen LogP contribution in [0.3, 0.4) is 0 Å². The van der Waals surface area contributed by atoms with E-state index in [-0.39, 0.29) is 17.6 Å². The van der Waals surface area contributed by atoms with Gasteiger partial charge in [0, 0.05) is 5.41 Å². The van der Waals surface area contributed by atoms with Gasteiger partial charge in [-0.05, 0) is 43.6 Å². The molecule has 16 heavy (non-hydrogen) atoms. The average Bonchev–Trinajstić information content (AvgIpc) is 2.73. The maximum absolute atomic E-state index is 12.1. The first-order valence-corrected chi connectivity index (χ1v) is 5.79. The molecule has 2 bridgehead atoms. The Morgan fingerprint density at radius 1 is 1.38 bits per heavy atom. The summed E-state index contributed by atoms with van der Waals surface area (Å²) in [6.07, 6.45) is 2.48. The predicted octanol–water partition coefficient (Wildman–Crippen LogP) is 2.27. The molecule has 88 valence electrons. The van der Waals surface area contributed by atoms with Crippen molar-refractivity contribution in [2.75, 3.05) is 0 Å². The molecule has 0 aliphatic heterocycles. The zero-order valence-electron chi connectivity index (χ0n) is 9.82. The number of allylic oxidation sites excluding steroid dienone is 1. The van der Waals surface area contributed by atoms with Crippen molar-refractivity contribution in [3.63, 3.8) is 0 Å². The molecule has 2 aliphatic rings. The fourth-order valence-electron chi connectivity index (χ4n) is 3.79. The smallest absolute Gasteiger partial charge is 0.306 e. The summed E-state index contributed by atoms with van der Waals surface area (Å²) < 4.78 is 0. The fraction of sp³-hybridized carbons (Fsp3) is 0.692. The average molecular weight is 222 g/mol. The first kappa shape index (κ1) is 11.4. The van der Waals surface area contributed by atoms with Gasteiger partial charge in [-0.15, -0.1) is 0 Å². The summed E-state index contributed by atoms with van der Waals surface area (Å²) >= 11 is 0. The van der Waals surface area contributed by atoms with E-state index in [9.17, 15) is 9.59 Å². The fourth-order valence-corrected chi connectivity index (χ4v) is 3.79. The third-order valence-electron chi connectivity index (χ3n) is 4.41. The highest BCUT2D eigenvalue weighted by Crippen LogP contribution is 2.59.